The molecule has 1 aromatic heterocycles. The second kappa shape index (κ2) is 4.59. The summed E-state index contributed by atoms with van der Waals surface area (Å²) in [6.45, 7) is 0. The normalized spacial score (nSPS) is 11.4. The fraction of sp³-hybridized carbons (Fsp3) is 0.111. The zero-order valence-electron chi connectivity index (χ0n) is 8.71. The first-order chi connectivity index (χ1) is 7.96. The molecule has 2 aromatic rings. The highest BCUT2D eigenvalue weighted by atomic mass is 35.5. The van der Waals surface area contributed by atoms with Gasteiger partial charge in [0.1, 0.15) is 0 Å². The number of anilines is 1. The number of sulfonamides is 1. The molecule has 0 aliphatic heterocycles. The van der Waals surface area contributed by atoms with Crippen molar-refractivity contribution in [2.75, 3.05) is 11.0 Å². The summed E-state index contributed by atoms with van der Waals surface area (Å²) in [5, 5.41) is 8.97. The number of nitrogens with zero attached hydrogens (tertiary/aromatic N) is 2. The molecule has 0 fully saturated rings. The van der Waals surface area contributed by atoms with E-state index in [1.54, 1.807) is 12.1 Å². The van der Waals surface area contributed by atoms with Crippen LogP contribution >= 0.6 is 22.9 Å². The van der Waals surface area contributed by atoms with Gasteiger partial charge in [-0.3, -0.25) is 4.72 Å². The van der Waals surface area contributed by atoms with Gasteiger partial charge in [-0.2, -0.15) is 0 Å². The van der Waals surface area contributed by atoms with Crippen LogP contribution in [0.2, 0.25) is 5.02 Å². The van der Waals surface area contributed by atoms with Crippen LogP contribution in [0.15, 0.2) is 24.3 Å². The number of aromatic nitrogens is 2. The van der Waals surface area contributed by atoms with Gasteiger partial charge in [-0.1, -0.05) is 41.1 Å². The third kappa shape index (κ3) is 3.15. The van der Waals surface area contributed by atoms with Crippen LogP contribution in [0.4, 0.5) is 5.13 Å². The van der Waals surface area contributed by atoms with Crippen LogP contribution in [0.3, 0.4) is 0 Å². The van der Waals surface area contributed by atoms with Crippen molar-refractivity contribution in [3.63, 3.8) is 0 Å². The van der Waals surface area contributed by atoms with E-state index in [0.29, 0.717) is 10.0 Å². The second-order valence-corrected chi connectivity index (χ2v) is 6.40. The molecule has 0 spiro atoms. The summed E-state index contributed by atoms with van der Waals surface area (Å²) in [5.41, 5.74) is 0.730. The molecule has 90 valence electrons. The Bertz CT molecular complexity index is 639. The lowest BCUT2D eigenvalue weighted by atomic mass is 10.2. The minimum absolute atomic E-state index is 0.224. The first-order valence-corrected chi connectivity index (χ1v) is 7.60. The summed E-state index contributed by atoms with van der Waals surface area (Å²) >= 11 is 7.13. The van der Waals surface area contributed by atoms with Crippen LogP contribution in [-0.4, -0.2) is 24.9 Å². The molecule has 0 aliphatic rings. The smallest absolute Gasteiger partial charge is 0.231 e. The Hall–Kier alpha value is -1.18. The molecule has 17 heavy (non-hydrogen) atoms. The summed E-state index contributed by atoms with van der Waals surface area (Å²) in [7, 11) is -3.33. The lowest BCUT2D eigenvalue weighted by molar-refractivity contribution is 0.606. The van der Waals surface area contributed by atoms with Gasteiger partial charge in [-0.05, 0) is 6.07 Å². The first kappa shape index (κ1) is 12.3. The lowest BCUT2D eigenvalue weighted by Gasteiger charge is -1.97. The Labute approximate surface area is 108 Å². The van der Waals surface area contributed by atoms with Gasteiger partial charge in [0, 0.05) is 5.56 Å². The number of nitrogens with one attached hydrogen (secondary N) is 1. The molecule has 0 amide bonds. The van der Waals surface area contributed by atoms with Gasteiger partial charge in [-0.15, -0.1) is 10.2 Å². The zero-order chi connectivity index (χ0) is 12.5. The van der Waals surface area contributed by atoms with Crippen molar-refractivity contribution in [3.8, 4) is 10.6 Å². The minimum Gasteiger partial charge on any atom is -0.257 e. The van der Waals surface area contributed by atoms with Crippen LogP contribution in [-0.2, 0) is 10.0 Å². The average molecular weight is 290 g/mol. The first-order valence-electron chi connectivity index (χ1n) is 4.52. The molecule has 0 saturated carbocycles. The summed E-state index contributed by atoms with van der Waals surface area (Å²) in [5.74, 6) is 0. The molecule has 1 heterocycles. The molecule has 8 heteroatoms. The number of hydrogen-bond donors (Lipinski definition) is 1. The van der Waals surface area contributed by atoms with E-state index in [1.165, 1.54) is 0 Å². The SMILES string of the molecule is CS(=O)(=O)Nc1nnc(-c2ccccc2Cl)s1. The monoisotopic (exact) mass is 289 g/mol. The molecule has 0 aliphatic carbocycles. The molecule has 2 rings (SSSR count). The quantitative estimate of drug-likeness (QED) is 0.940. The minimum atomic E-state index is -3.33. The average Bonchev–Trinajstić information content (AvgIpc) is 2.64. The van der Waals surface area contributed by atoms with Crippen molar-refractivity contribution in [1.29, 1.82) is 0 Å². The maximum atomic E-state index is 11.0. The second-order valence-electron chi connectivity index (χ2n) is 3.27. The Balaban J connectivity index is 2.34. The largest absolute Gasteiger partial charge is 0.257 e. The van der Waals surface area contributed by atoms with E-state index in [-0.39, 0.29) is 5.13 Å². The van der Waals surface area contributed by atoms with Crippen LogP contribution < -0.4 is 4.72 Å². The Morgan fingerprint density at radius 3 is 2.65 bits per heavy atom. The molecule has 1 aromatic carbocycles. The molecular formula is C9H8ClN3O2S2. The van der Waals surface area contributed by atoms with Gasteiger partial charge in [0.2, 0.25) is 15.2 Å². The highest BCUT2D eigenvalue weighted by Crippen LogP contribution is 2.31. The van der Waals surface area contributed by atoms with Crippen LogP contribution in [0.25, 0.3) is 10.6 Å². The highest BCUT2D eigenvalue weighted by molar-refractivity contribution is 7.92. The standard InChI is InChI=1S/C9H8ClN3O2S2/c1-17(14,15)13-9-12-11-8(16-9)6-4-2-3-5-7(6)10/h2-5H,1H3,(H,12,13). The van der Waals surface area contributed by atoms with Crippen LogP contribution in [0, 0.1) is 0 Å². The van der Waals surface area contributed by atoms with E-state index in [0.717, 1.165) is 23.2 Å². The van der Waals surface area contributed by atoms with E-state index in [2.05, 4.69) is 14.9 Å². The third-order valence-corrected chi connectivity index (χ3v) is 3.70. The molecule has 1 N–H and O–H groups in total. The summed E-state index contributed by atoms with van der Waals surface area (Å²) < 4.78 is 24.3. The van der Waals surface area contributed by atoms with Crippen molar-refractivity contribution >= 4 is 38.1 Å². The molecule has 0 unspecified atom stereocenters. The van der Waals surface area contributed by atoms with Gasteiger partial charge in [0.15, 0.2) is 5.01 Å². The molecule has 5 nitrogen and oxygen atoms in total. The fourth-order valence-corrected chi connectivity index (χ4v) is 3.06. The zero-order valence-corrected chi connectivity index (χ0v) is 11.1. The predicted molar refractivity (Wildman–Crippen MR) is 68.8 cm³/mol. The number of hydrogen-bond acceptors (Lipinski definition) is 5. The van der Waals surface area contributed by atoms with Crippen LogP contribution in [0.5, 0.6) is 0 Å². The van der Waals surface area contributed by atoms with E-state index in [4.69, 9.17) is 11.6 Å². The van der Waals surface area contributed by atoms with Gasteiger partial charge in [0.05, 0.1) is 11.3 Å². The van der Waals surface area contributed by atoms with Gasteiger partial charge < -0.3 is 0 Å². The molecule has 0 radical (unpaired) electrons. The van der Waals surface area contributed by atoms with Gasteiger partial charge in [-0.25, -0.2) is 8.42 Å². The molecular weight excluding hydrogens is 282 g/mol. The molecule has 0 bridgehead atoms. The maximum Gasteiger partial charge on any atom is 0.231 e. The molecule has 0 saturated heterocycles. The van der Waals surface area contributed by atoms with Crippen LogP contribution in [0.1, 0.15) is 0 Å². The highest BCUT2D eigenvalue weighted by Gasteiger charge is 2.11. The van der Waals surface area contributed by atoms with Crippen molar-refractivity contribution in [2.24, 2.45) is 0 Å². The van der Waals surface area contributed by atoms with E-state index < -0.39 is 10.0 Å². The van der Waals surface area contributed by atoms with Crippen molar-refractivity contribution in [3.05, 3.63) is 29.3 Å². The lowest BCUT2D eigenvalue weighted by Crippen LogP contribution is -2.08. The Morgan fingerprint density at radius 2 is 2.00 bits per heavy atom. The predicted octanol–water partition coefficient (Wildman–Crippen LogP) is 2.23. The third-order valence-electron chi connectivity index (χ3n) is 1.80. The van der Waals surface area contributed by atoms with E-state index >= 15 is 0 Å². The maximum absolute atomic E-state index is 11.0. The van der Waals surface area contributed by atoms with Crippen molar-refractivity contribution in [1.82, 2.24) is 10.2 Å². The number of rotatable bonds is 3. The van der Waals surface area contributed by atoms with Crippen molar-refractivity contribution < 1.29 is 8.42 Å². The topological polar surface area (TPSA) is 72.0 Å². The van der Waals surface area contributed by atoms with E-state index in [1.807, 2.05) is 12.1 Å². The Morgan fingerprint density at radius 1 is 1.29 bits per heavy atom. The fourth-order valence-electron chi connectivity index (χ4n) is 1.17. The summed E-state index contributed by atoms with van der Waals surface area (Å²) in [6.07, 6.45) is 1.06. The van der Waals surface area contributed by atoms with E-state index in [9.17, 15) is 8.42 Å². The summed E-state index contributed by atoms with van der Waals surface area (Å²) in [4.78, 5) is 0. The van der Waals surface area contributed by atoms with Gasteiger partial charge in [0.25, 0.3) is 0 Å². The summed E-state index contributed by atoms with van der Waals surface area (Å²) in [6, 6.07) is 7.17. The molecule has 0 atom stereocenters. The number of benzene rings is 1. The van der Waals surface area contributed by atoms with Crippen molar-refractivity contribution in [2.45, 2.75) is 0 Å². The Kier molecular flexibility index (Phi) is 3.32. The number of halogens is 1. The van der Waals surface area contributed by atoms with Gasteiger partial charge >= 0.3 is 0 Å².